The van der Waals surface area contributed by atoms with Gasteiger partial charge in [-0.1, -0.05) is 42.5 Å². The molecular formula is C30H34ClN7O2S. The van der Waals surface area contributed by atoms with Crippen molar-refractivity contribution in [3.8, 4) is 0 Å². The summed E-state index contributed by atoms with van der Waals surface area (Å²) in [7, 11) is 0.941. The zero-order valence-corrected chi connectivity index (χ0v) is 25.1. The summed E-state index contributed by atoms with van der Waals surface area (Å²) in [6.45, 7) is 2.13. The molecular weight excluding hydrogens is 558 g/mol. The number of hydrogen-bond acceptors (Lipinski definition) is 8. The Balaban J connectivity index is 0.00000387. The third kappa shape index (κ3) is 7.33. The van der Waals surface area contributed by atoms with E-state index >= 15 is 0 Å². The summed E-state index contributed by atoms with van der Waals surface area (Å²) in [5.74, 6) is 2.08. The molecule has 1 unspecified atom stereocenters. The van der Waals surface area contributed by atoms with Crippen molar-refractivity contribution >= 4 is 62.4 Å². The van der Waals surface area contributed by atoms with Crippen LogP contribution in [0.4, 0.5) is 29.1 Å². The Kier molecular flexibility index (Phi) is 9.14. The van der Waals surface area contributed by atoms with Crippen molar-refractivity contribution in [2.75, 3.05) is 34.6 Å². The van der Waals surface area contributed by atoms with Gasteiger partial charge in [0.2, 0.25) is 11.9 Å². The van der Waals surface area contributed by atoms with Crippen LogP contribution in [0, 0.1) is 0 Å². The minimum atomic E-state index is -3.03. The molecule has 2 aromatic heterocycles. The number of rotatable bonds is 10. The Bertz CT molecular complexity index is 1740. The van der Waals surface area contributed by atoms with Gasteiger partial charge in [-0.2, -0.15) is 4.98 Å². The maximum Gasteiger partial charge on any atom is 0.229 e. The number of aromatic nitrogens is 4. The molecule has 0 bridgehead atoms. The topological polar surface area (TPSA) is 105 Å². The van der Waals surface area contributed by atoms with E-state index in [1.807, 2.05) is 73.6 Å². The molecule has 0 saturated carbocycles. The molecule has 2 heterocycles. The van der Waals surface area contributed by atoms with Crippen LogP contribution in [-0.4, -0.2) is 47.0 Å². The molecule has 3 aromatic carbocycles. The summed E-state index contributed by atoms with van der Waals surface area (Å²) in [5, 5.41) is 6.76. The summed E-state index contributed by atoms with van der Waals surface area (Å²) >= 11 is 0. The lowest BCUT2D eigenvalue weighted by molar-refractivity contribution is 0.601. The highest BCUT2D eigenvalue weighted by Gasteiger charge is 2.14. The number of sulfone groups is 1. The van der Waals surface area contributed by atoms with Crippen molar-refractivity contribution in [1.29, 1.82) is 0 Å². The second kappa shape index (κ2) is 12.6. The summed E-state index contributed by atoms with van der Waals surface area (Å²) in [4.78, 5) is 15.9. The van der Waals surface area contributed by atoms with Crippen LogP contribution in [0.15, 0.2) is 85.1 Å². The van der Waals surface area contributed by atoms with Crippen LogP contribution >= 0.6 is 12.4 Å². The maximum absolute atomic E-state index is 11.5. The highest BCUT2D eigenvalue weighted by Crippen LogP contribution is 2.29. The average molecular weight is 592 g/mol. The fourth-order valence-corrected chi connectivity index (χ4v) is 5.12. The first-order chi connectivity index (χ1) is 19.2. The molecule has 0 radical (unpaired) electrons. The number of benzene rings is 3. The maximum atomic E-state index is 11.5. The molecule has 0 spiro atoms. The molecule has 9 nitrogen and oxygen atoms in total. The molecule has 2 N–H and O–H groups in total. The zero-order valence-electron chi connectivity index (χ0n) is 23.4. The van der Waals surface area contributed by atoms with Gasteiger partial charge in [0.1, 0.15) is 15.7 Å². The standard InChI is InChI=1S/C30H33N7O2S.ClH/c1-21(23-10-6-5-7-11-23)32-30-34-26-20-25(13-14-27(26)37(30)3)36(2)28-15-17-31-29(35-28)33-24-12-8-9-22(19-24)16-18-40(4,38)39;/h5-15,17,19-21H,16,18H2,1-4H3,(H,32,34)(H,31,33,35);1H. The fourth-order valence-electron chi connectivity index (χ4n) is 4.51. The van der Waals surface area contributed by atoms with Gasteiger partial charge in [-0.15, -0.1) is 12.4 Å². The lowest BCUT2D eigenvalue weighted by Gasteiger charge is -2.19. The average Bonchev–Trinajstić information content (AvgIpc) is 3.26. The molecule has 0 aliphatic heterocycles. The molecule has 0 saturated heterocycles. The molecule has 1 atom stereocenters. The molecule has 11 heteroatoms. The molecule has 41 heavy (non-hydrogen) atoms. The molecule has 0 fully saturated rings. The van der Waals surface area contributed by atoms with Gasteiger partial charge >= 0.3 is 0 Å². The van der Waals surface area contributed by atoms with Gasteiger partial charge in [0.25, 0.3) is 0 Å². The predicted molar refractivity (Wildman–Crippen MR) is 170 cm³/mol. The van der Waals surface area contributed by atoms with E-state index in [-0.39, 0.29) is 24.2 Å². The van der Waals surface area contributed by atoms with Crippen molar-refractivity contribution in [3.63, 3.8) is 0 Å². The summed E-state index contributed by atoms with van der Waals surface area (Å²) in [6, 6.07) is 26.1. The van der Waals surface area contributed by atoms with Crippen molar-refractivity contribution < 1.29 is 8.42 Å². The van der Waals surface area contributed by atoms with Crippen molar-refractivity contribution in [2.45, 2.75) is 19.4 Å². The lowest BCUT2D eigenvalue weighted by atomic mass is 10.1. The highest BCUT2D eigenvalue weighted by molar-refractivity contribution is 7.90. The van der Waals surface area contributed by atoms with Crippen LogP contribution in [0.3, 0.4) is 0 Å². The van der Waals surface area contributed by atoms with Crippen LogP contribution in [0.1, 0.15) is 24.1 Å². The Morgan fingerprint density at radius 1 is 0.976 bits per heavy atom. The number of halogens is 1. The number of fused-ring (bicyclic) bond motifs is 1. The quantitative estimate of drug-likeness (QED) is 0.202. The molecule has 0 aliphatic carbocycles. The van der Waals surface area contributed by atoms with Gasteiger partial charge in [0.05, 0.1) is 22.8 Å². The molecule has 214 valence electrons. The van der Waals surface area contributed by atoms with Gasteiger partial charge in [0.15, 0.2) is 0 Å². The van der Waals surface area contributed by atoms with Gasteiger partial charge in [-0.3, -0.25) is 0 Å². The van der Waals surface area contributed by atoms with Crippen LogP contribution in [0.2, 0.25) is 0 Å². The van der Waals surface area contributed by atoms with Gasteiger partial charge in [-0.25, -0.2) is 18.4 Å². The van der Waals surface area contributed by atoms with Gasteiger partial charge in [0, 0.05) is 37.9 Å². The van der Waals surface area contributed by atoms with E-state index in [0.717, 1.165) is 39.7 Å². The number of imidazole rings is 1. The summed E-state index contributed by atoms with van der Waals surface area (Å²) in [5.41, 5.74) is 5.78. The minimum absolute atomic E-state index is 0. The van der Waals surface area contributed by atoms with Crippen molar-refractivity contribution in [3.05, 3.63) is 96.2 Å². The second-order valence-electron chi connectivity index (χ2n) is 9.95. The first-order valence-corrected chi connectivity index (χ1v) is 15.1. The number of nitrogens with one attached hydrogen (secondary N) is 2. The van der Waals surface area contributed by atoms with Crippen molar-refractivity contribution in [2.24, 2.45) is 7.05 Å². The fraction of sp³-hybridized carbons (Fsp3) is 0.233. The van der Waals surface area contributed by atoms with Gasteiger partial charge in [-0.05, 0) is 60.9 Å². The third-order valence-corrected chi connectivity index (χ3v) is 7.77. The Morgan fingerprint density at radius 2 is 1.76 bits per heavy atom. The number of hydrogen-bond donors (Lipinski definition) is 2. The minimum Gasteiger partial charge on any atom is -0.349 e. The highest BCUT2D eigenvalue weighted by atomic mass is 35.5. The second-order valence-corrected chi connectivity index (χ2v) is 12.2. The molecule has 5 rings (SSSR count). The van der Waals surface area contributed by atoms with E-state index in [1.54, 1.807) is 6.20 Å². The molecule has 5 aromatic rings. The van der Waals surface area contributed by atoms with Crippen LogP contribution in [-0.2, 0) is 23.3 Å². The van der Waals surface area contributed by atoms with E-state index in [0.29, 0.717) is 12.4 Å². The third-order valence-electron chi connectivity index (χ3n) is 6.83. The Labute approximate surface area is 247 Å². The van der Waals surface area contributed by atoms with E-state index in [4.69, 9.17) is 9.97 Å². The van der Waals surface area contributed by atoms with E-state index < -0.39 is 9.84 Å². The predicted octanol–water partition coefficient (Wildman–Crippen LogP) is 6.06. The summed E-state index contributed by atoms with van der Waals surface area (Å²) < 4.78 is 25.1. The van der Waals surface area contributed by atoms with Crippen LogP contribution < -0.4 is 15.5 Å². The molecule has 0 amide bonds. The normalized spacial score (nSPS) is 12.0. The smallest absolute Gasteiger partial charge is 0.229 e. The van der Waals surface area contributed by atoms with E-state index in [1.165, 1.54) is 11.8 Å². The number of anilines is 5. The van der Waals surface area contributed by atoms with Crippen LogP contribution in [0.5, 0.6) is 0 Å². The van der Waals surface area contributed by atoms with Crippen LogP contribution in [0.25, 0.3) is 11.0 Å². The monoisotopic (exact) mass is 591 g/mol. The molecule has 0 aliphatic rings. The number of nitrogens with zero attached hydrogens (tertiary/aromatic N) is 5. The van der Waals surface area contributed by atoms with E-state index in [2.05, 4.69) is 51.4 Å². The Hall–Kier alpha value is -4.15. The summed E-state index contributed by atoms with van der Waals surface area (Å²) in [6.07, 6.45) is 3.41. The Morgan fingerprint density at radius 3 is 2.51 bits per heavy atom. The zero-order chi connectivity index (χ0) is 28.3. The first kappa shape index (κ1) is 29.8. The first-order valence-electron chi connectivity index (χ1n) is 13.0. The number of aryl methyl sites for hydroxylation is 2. The van der Waals surface area contributed by atoms with Gasteiger partial charge < -0.3 is 20.1 Å². The lowest BCUT2D eigenvalue weighted by Crippen LogP contribution is -2.12. The van der Waals surface area contributed by atoms with E-state index in [9.17, 15) is 8.42 Å². The van der Waals surface area contributed by atoms with Crippen molar-refractivity contribution in [1.82, 2.24) is 19.5 Å². The largest absolute Gasteiger partial charge is 0.349 e. The SMILES string of the molecule is CC(Nc1nc2cc(N(C)c3ccnc(Nc4cccc(CCS(C)(=O)=O)c4)n3)ccc2n1C)c1ccccc1.Cl.